The average molecular weight is 312 g/mol. The minimum absolute atomic E-state index is 0.315. The van der Waals surface area contributed by atoms with Crippen LogP contribution in [0.5, 0.6) is 17.4 Å². The Hall–Kier alpha value is -1.69. The first kappa shape index (κ1) is 15.7. The van der Waals surface area contributed by atoms with Crippen LogP contribution >= 0.6 is 8.38 Å². The quantitative estimate of drug-likeness (QED) is 0.593. The number of benzene rings is 1. The first-order valence-corrected chi connectivity index (χ1v) is 7.73. The van der Waals surface area contributed by atoms with Gasteiger partial charge in [-0.25, -0.2) is 9.97 Å². The average Bonchev–Trinajstić information content (AvgIpc) is 2.49. The van der Waals surface area contributed by atoms with Crippen molar-refractivity contribution in [2.75, 3.05) is 27.0 Å². The molecule has 0 aliphatic rings. The van der Waals surface area contributed by atoms with Gasteiger partial charge in [-0.15, -0.1) is 0 Å². The van der Waals surface area contributed by atoms with E-state index < -0.39 is 8.38 Å². The van der Waals surface area contributed by atoms with E-state index in [9.17, 15) is 0 Å². The zero-order valence-electron chi connectivity index (χ0n) is 11.8. The first-order chi connectivity index (χ1) is 10.2. The summed E-state index contributed by atoms with van der Waals surface area (Å²) in [5, 5.41) is 0.713. The van der Waals surface area contributed by atoms with Crippen molar-refractivity contribution in [1.29, 1.82) is 0 Å². The molecule has 2 aromatic rings. The molecule has 1 aromatic heterocycles. The second-order valence-electron chi connectivity index (χ2n) is 4.20. The van der Waals surface area contributed by atoms with Gasteiger partial charge in [0, 0.05) is 12.2 Å². The van der Waals surface area contributed by atoms with Crippen LogP contribution in [0, 0.1) is 0 Å². The molecule has 0 spiro atoms. The number of hydrogen-bond donors (Lipinski definition) is 2. The standard InChI is InChI=1S/C13H17N2O5P/c1-18-11-6-9-10(7-12(11)19-2)14-8-15-13(9)20-4-3-5-21(16)17/h6-8,16-17H,3-5H2,1-2H3. The molecule has 0 aliphatic heterocycles. The third-order valence-corrected chi connectivity index (χ3v) is 3.56. The highest BCUT2D eigenvalue weighted by Crippen LogP contribution is 2.34. The lowest BCUT2D eigenvalue weighted by molar-refractivity contribution is 0.307. The summed E-state index contributed by atoms with van der Waals surface area (Å²) in [7, 11) is 1.23. The number of rotatable bonds is 7. The lowest BCUT2D eigenvalue weighted by atomic mass is 10.2. The van der Waals surface area contributed by atoms with Crippen molar-refractivity contribution in [2.45, 2.75) is 6.42 Å². The van der Waals surface area contributed by atoms with Crippen LogP contribution in [-0.2, 0) is 0 Å². The topological polar surface area (TPSA) is 93.9 Å². The molecule has 114 valence electrons. The molecule has 1 heterocycles. The molecular formula is C13H17N2O5P. The SMILES string of the molecule is COc1cc2ncnc(OCCCP(O)O)c2cc1OC. The molecule has 0 unspecified atom stereocenters. The highest BCUT2D eigenvalue weighted by Gasteiger charge is 2.11. The normalized spacial score (nSPS) is 10.9. The van der Waals surface area contributed by atoms with Crippen LogP contribution in [0.2, 0.25) is 0 Å². The maximum atomic E-state index is 8.86. The summed E-state index contributed by atoms with van der Waals surface area (Å²) in [5.74, 6) is 1.58. The van der Waals surface area contributed by atoms with E-state index in [-0.39, 0.29) is 0 Å². The van der Waals surface area contributed by atoms with E-state index in [0.717, 1.165) is 0 Å². The van der Waals surface area contributed by atoms with Gasteiger partial charge in [-0.2, -0.15) is 0 Å². The van der Waals surface area contributed by atoms with Gasteiger partial charge in [-0.05, 0) is 12.5 Å². The number of fused-ring (bicyclic) bond motifs is 1. The highest BCUT2D eigenvalue weighted by molar-refractivity contribution is 7.45. The minimum Gasteiger partial charge on any atom is -0.493 e. The van der Waals surface area contributed by atoms with Crippen molar-refractivity contribution in [3.63, 3.8) is 0 Å². The number of hydrogen-bond acceptors (Lipinski definition) is 7. The van der Waals surface area contributed by atoms with Crippen molar-refractivity contribution in [3.8, 4) is 17.4 Å². The van der Waals surface area contributed by atoms with Crippen LogP contribution in [0.15, 0.2) is 18.5 Å². The molecule has 0 amide bonds. The number of aromatic nitrogens is 2. The third-order valence-electron chi connectivity index (χ3n) is 2.85. The van der Waals surface area contributed by atoms with Gasteiger partial charge in [0.05, 0.1) is 31.7 Å². The smallest absolute Gasteiger partial charge is 0.224 e. The van der Waals surface area contributed by atoms with Crippen LogP contribution in [0.3, 0.4) is 0 Å². The fraction of sp³-hybridized carbons (Fsp3) is 0.385. The predicted molar refractivity (Wildman–Crippen MR) is 79.0 cm³/mol. The lowest BCUT2D eigenvalue weighted by Crippen LogP contribution is -2.02. The van der Waals surface area contributed by atoms with E-state index >= 15 is 0 Å². The van der Waals surface area contributed by atoms with Gasteiger partial charge in [0.25, 0.3) is 0 Å². The third kappa shape index (κ3) is 3.91. The minimum atomic E-state index is -1.88. The number of methoxy groups -OCH3 is 2. The Morgan fingerprint density at radius 2 is 1.81 bits per heavy atom. The van der Waals surface area contributed by atoms with Crippen LogP contribution < -0.4 is 14.2 Å². The van der Waals surface area contributed by atoms with Crippen molar-refractivity contribution in [2.24, 2.45) is 0 Å². The Morgan fingerprint density at radius 3 is 2.48 bits per heavy atom. The molecule has 0 atom stereocenters. The van der Waals surface area contributed by atoms with Gasteiger partial charge in [0.1, 0.15) is 6.33 Å². The fourth-order valence-corrected chi connectivity index (χ4v) is 2.26. The van der Waals surface area contributed by atoms with Crippen LogP contribution in [0.4, 0.5) is 0 Å². The maximum absolute atomic E-state index is 8.86. The Kier molecular flexibility index (Phi) is 5.50. The van der Waals surface area contributed by atoms with Crippen molar-refractivity contribution >= 4 is 19.3 Å². The monoisotopic (exact) mass is 312 g/mol. The van der Waals surface area contributed by atoms with Crippen LogP contribution in [0.1, 0.15) is 6.42 Å². The summed E-state index contributed by atoms with van der Waals surface area (Å²) < 4.78 is 16.1. The molecule has 7 nitrogen and oxygen atoms in total. The van der Waals surface area contributed by atoms with Gasteiger partial charge in [-0.1, -0.05) is 0 Å². The van der Waals surface area contributed by atoms with E-state index in [1.165, 1.54) is 6.33 Å². The van der Waals surface area contributed by atoms with Crippen LogP contribution in [-0.4, -0.2) is 46.7 Å². The molecule has 0 saturated heterocycles. The largest absolute Gasteiger partial charge is 0.493 e. The second kappa shape index (κ2) is 7.36. The summed E-state index contributed by atoms with van der Waals surface area (Å²) in [5.41, 5.74) is 0.684. The molecular weight excluding hydrogens is 295 g/mol. The Labute approximate surface area is 123 Å². The number of ether oxygens (including phenoxy) is 3. The molecule has 0 bridgehead atoms. The van der Waals surface area contributed by atoms with Gasteiger partial charge >= 0.3 is 0 Å². The van der Waals surface area contributed by atoms with Gasteiger partial charge in [0.2, 0.25) is 5.88 Å². The Morgan fingerprint density at radius 1 is 1.10 bits per heavy atom. The van der Waals surface area contributed by atoms with Gasteiger partial charge in [0.15, 0.2) is 19.9 Å². The summed E-state index contributed by atoms with van der Waals surface area (Å²) in [6.45, 7) is 0.348. The van der Waals surface area contributed by atoms with Crippen molar-refractivity contribution in [1.82, 2.24) is 9.97 Å². The Bertz CT molecular complexity index is 608. The number of nitrogens with zero attached hydrogens (tertiary/aromatic N) is 2. The summed E-state index contributed by atoms with van der Waals surface area (Å²) in [4.78, 5) is 26.0. The molecule has 0 fully saturated rings. The van der Waals surface area contributed by atoms with Crippen LogP contribution in [0.25, 0.3) is 10.9 Å². The van der Waals surface area contributed by atoms with Crippen molar-refractivity contribution in [3.05, 3.63) is 18.5 Å². The van der Waals surface area contributed by atoms with E-state index in [0.29, 0.717) is 47.5 Å². The summed E-state index contributed by atoms with van der Waals surface area (Å²) >= 11 is 0. The molecule has 1 aromatic carbocycles. The molecule has 0 radical (unpaired) electrons. The fourth-order valence-electron chi connectivity index (χ4n) is 1.85. The lowest BCUT2D eigenvalue weighted by Gasteiger charge is -2.11. The molecule has 2 N–H and O–H groups in total. The molecule has 8 heteroatoms. The molecule has 0 aliphatic carbocycles. The van der Waals surface area contributed by atoms with Gasteiger partial charge < -0.3 is 24.0 Å². The maximum Gasteiger partial charge on any atom is 0.224 e. The van der Waals surface area contributed by atoms with E-state index in [1.807, 2.05) is 0 Å². The Balaban J connectivity index is 2.23. The van der Waals surface area contributed by atoms with E-state index in [2.05, 4.69) is 9.97 Å². The van der Waals surface area contributed by atoms with Crippen molar-refractivity contribution < 1.29 is 24.0 Å². The van der Waals surface area contributed by atoms with E-state index in [4.69, 9.17) is 24.0 Å². The second-order valence-corrected chi connectivity index (χ2v) is 5.39. The zero-order valence-corrected chi connectivity index (χ0v) is 12.7. The highest BCUT2D eigenvalue weighted by atomic mass is 31.2. The zero-order chi connectivity index (χ0) is 15.2. The molecule has 2 rings (SSSR count). The predicted octanol–water partition coefficient (Wildman–Crippen LogP) is 1.71. The first-order valence-electron chi connectivity index (χ1n) is 6.30. The molecule has 21 heavy (non-hydrogen) atoms. The summed E-state index contributed by atoms with van der Waals surface area (Å²) in [6, 6.07) is 3.51. The van der Waals surface area contributed by atoms with Gasteiger partial charge in [-0.3, -0.25) is 0 Å². The molecule has 0 saturated carbocycles. The summed E-state index contributed by atoms with van der Waals surface area (Å²) in [6.07, 6.45) is 2.27. The van der Waals surface area contributed by atoms with E-state index in [1.54, 1.807) is 26.4 Å².